The van der Waals surface area contributed by atoms with E-state index in [0.717, 1.165) is 23.5 Å². The van der Waals surface area contributed by atoms with Crippen molar-refractivity contribution >= 4 is 11.6 Å². The summed E-state index contributed by atoms with van der Waals surface area (Å²) in [7, 11) is 0. The Hall–Kier alpha value is -1.55. The number of benzene rings is 1. The number of unbranched alkanes of at least 4 members (excludes halogenated alkanes) is 1. The number of hydrogen-bond acceptors (Lipinski definition) is 3. The number of carbonyl (C=O) groups is 1. The van der Waals surface area contributed by atoms with Crippen LogP contribution in [0.4, 0.5) is 5.69 Å². The van der Waals surface area contributed by atoms with E-state index in [1.165, 1.54) is 19.3 Å². The zero-order valence-electron chi connectivity index (χ0n) is 11.7. The third-order valence-electron chi connectivity index (χ3n) is 3.32. The summed E-state index contributed by atoms with van der Waals surface area (Å²) >= 11 is 0. The molecule has 0 aliphatic carbocycles. The van der Waals surface area contributed by atoms with Gasteiger partial charge in [-0.15, -0.1) is 0 Å². The number of fused-ring (bicyclic) bond motifs is 1. The molecule has 0 aromatic heterocycles. The summed E-state index contributed by atoms with van der Waals surface area (Å²) in [5.41, 5.74) is 1.93. The van der Waals surface area contributed by atoms with E-state index < -0.39 is 0 Å². The van der Waals surface area contributed by atoms with E-state index in [2.05, 4.69) is 24.5 Å². The van der Waals surface area contributed by atoms with Gasteiger partial charge in [0.05, 0.1) is 5.69 Å². The van der Waals surface area contributed by atoms with E-state index >= 15 is 0 Å². The Balaban J connectivity index is 1.91. The van der Waals surface area contributed by atoms with Crippen molar-refractivity contribution in [3.63, 3.8) is 0 Å². The fourth-order valence-electron chi connectivity index (χ4n) is 2.14. The topological polar surface area (TPSA) is 50.4 Å². The molecule has 2 rings (SSSR count). The van der Waals surface area contributed by atoms with Crippen molar-refractivity contribution in [2.75, 3.05) is 11.9 Å². The smallest absolute Gasteiger partial charge is 0.262 e. The lowest BCUT2D eigenvalue weighted by molar-refractivity contribution is -0.118. The molecule has 4 heteroatoms. The van der Waals surface area contributed by atoms with Gasteiger partial charge >= 0.3 is 0 Å². The predicted octanol–water partition coefficient (Wildman–Crippen LogP) is 2.69. The fraction of sp³-hybridized carbons (Fsp3) is 0.533. The first-order chi connectivity index (χ1) is 9.19. The summed E-state index contributed by atoms with van der Waals surface area (Å²) in [6.45, 7) is 5.34. The molecule has 0 radical (unpaired) electrons. The molecule has 104 valence electrons. The highest BCUT2D eigenvalue weighted by Crippen LogP contribution is 2.28. The predicted molar refractivity (Wildman–Crippen MR) is 76.4 cm³/mol. The molecule has 1 unspecified atom stereocenters. The minimum atomic E-state index is -0.0890. The molecule has 19 heavy (non-hydrogen) atoms. The van der Waals surface area contributed by atoms with E-state index in [-0.39, 0.29) is 12.5 Å². The lowest BCUT2D eigenvalue weighted by atomic mass is 10.1. The lowest BCUT2D eigenvalue weighted by Crippen LogP contribution is -2.27. The monoisotopic (exact) mass is 262 g/mol. The quantitative estimate of drug-likeness (QED) is 0.828. The van der Waals surface area contributed by atoms with Gasteiger partial charge in [0.15, 0.2) is 6.61 Å². The Bertz CT molecular complexity index is 446. The molecule has 1 aromatic carbocycles. The van der Waals surface area contributed by atoms with Gasteiger partial charge < -0.3 is 15.4 Å². The standard InChI is InChI=1S/C15H22N2O2/c1-3-4-5-11(2)16-9-12-6-7-14-13(8-12)17-15(18)10-19-14/h6-8,11,16H,3-5,9-10H2,1-2H3,(H,17,18). The van der Waals surface area contributed by atoms with Crippen LogP contribution in [0.3, 0.4) is 0 Å². The summed E-state index contributed by atoms with van der Waals surface area (Å²) in [6.07, 6.45) is 3.68. The molecule has 0 saturated heterocycles. The first kappa shape index (κ1) is 13.9. The van der Waals surface area contributed by atoms with Gasteiger partial charge in [-0.05, 0) is 31.0 Å². The van der Waals surface area contributed by atoms with Gasteiger partial charge in [-0.3, -0.25) is 4.79 Å². The number of ether oxygens (including phenoxy) is 1. The molecule has 4 nitrogen and oxygen atoms in total. The highest BCUT2D eigenvalue weighted by atomic mass is 16.5. The second-order valence-corrected chi connectivity index (χ2v) is 5.09. The van der Waals surface area contributed by atoms with Crippen molar-refractivity contribution in [1.82, 2.24) is 5.32 Å². The van der Waals surface area contributed by atoms with Gasteiger partial charge in [0.1, 0.15) is 5.75 Å². The number of nitrogens with one attached hydrogen (secondary N) is 2. The maximum absolute atomic E-state index is 11.3. The average Bonchev–Trinajstić information content (AvgIpc) is 2.42. The molecule has 2 N–H and O–H groups in total. The van der Waals surface area contributed by atoms with Crippen molar-refractivity contribution in [3.8, 4) is 5.75 Å². The minimum Gasteiger partial charge on any atom is -0.482 e. The normalized spacial score (nSPS) is 15.4. The lowest BCUT2D eigenvalue weighted by Gasteiger charge is -2.19. The first-order valence-electron chi connectivity index (χ1n) is 6.98. The second kappa shape index (κ2) is 6.57. The zero-order valence-corrected chi connectivity index (χ0v) is 11.7. The van der Waals surface area contributed by atoms with Crippen LogP contribution in [0.25, 0.3) is 0 Å². The molecule has 1 aliphatic heterocycles. The van der Waals surface area contributed by atoms with Crippen molar-refractivity contribution in [1.29, 1.82) is 0 Å². The van der Waals surface area contributed by atoms with Crippen LogP contribution in [0.5, 0.6) is 5.75 Å². The molecule has 1 aliphatic rings. The summed E-state index contributed by atoms with van der Waals surface area (Å²) in [5, 5.41) is 6.33. The van der Waals surface area contributed by atoms with Gasteiger partial charge in [0, 0.05) is 12.6 Å². The molecular weight excluding hydrogens is 240 g/mol. The number of hydrogen-bond donors (Lipinski definition) is 2. The van der Waals surface area contributed by atoms with Crippen molar-refractivity contribution < 1.29 is 9.53 Å². The zero-order chi connectivity index (χ0) is 13.7. The second-order valence-electron chi connectivity index (χ2n) is 5.09. The maximum Gasteiger partial charge on any atom is 0.262 e. The fourth-order valence-corrected chi connectivity index (χ4v) is 2.14. The number of rotatable bonds is 6. The maximum atomic E-state index is 11.3. The summed E-state index contributed by atoms with van der Waals surface area (Å²) in [5.74, 6) is 0.663. The van der Waals surface area contributed by atoms with E-state index in [9.17, 15) is 4.79 Å². The van der Waals surface area contributed by atoms with Crippen LogP contribution >= 0.6 is 0 Å². The van der Waals surface area contributed by atoms with Crippen LogP contribution in [-0.2, 0) is 11.3 Å². The van der Waals surface area contributed by atoms with Gasteiger partial charge in [-0.25, -0.2) is 0 Å². The summed E-state index contributed by atoms with van der Waals surface area (Å²) < 4.78 is 5.34. The Morgan fingerprint density at radius 2 is 2.32 bits per heavy atom. The minimum absolute atomic E-state index is 0.0890. The molecule has 0 fully saturated rings. The first-order valence-corrected chi connectivity index (χ1v) is 6.98. The van der Waals surface area contributed by atoms with Crippen LogP contribution in [0.2, 0.25) is 0 Å². The van der Waals surface area contributed by atoms with Gasteiger partial charge in [-0.2, -0.15) is 0 Å². The highest BCUT2D eigenvalue weighted by Gasteiger charge is 2.15. The van der Waals surface area contributed by atoms with Crippen LogP contribution in [0.15, 0.2) is 18.2 Å². The van der Waals surface area contributed by atoms with Crippen LogP contribution in [0.1, 0.15) is 38.7 Å². The Kier molecular flexibility index (Phi) is 4.80. The van der Waals surface area contributed by atoms with E-state index in [1.807, 2.05) is 18.2 Å². The molecule has 1 atom stereocenters. The molecule has 0 spiro atoms. The van der Waals surface area contributed by atoms with Crippen LogP contribution < -0.4 is 15.4 Å². The Labute approximate surface area is 114 Å². The van der Waals surface area contributed by atoms with Crippen LogP contribution in [0, 0.1) is 0 Å². The van der Waals surface area contributed by atoms with Crippen molar-refractivity contribution in [2.24, 2.45) is 0 Å². The number of anilines is 1. The molecular formula is C15H22N2O2. The molecule has 1 aromatic rings. The molecule has 1 amide bonds. The number of carbonyl (C=O) groups excluding carboxylic acids is 1. The summed E-state index contributed by atoms with van der Waals surface area (Å²) in [6, 6.07) is 6.45. The molecule has 0 bridgehead atoms. The van der Waals surface area contributed by atoms with E-state index in [4.69, 9.17) is 4.74 Å². The third-order valence-corrected chi connectivity index (χ3v) is 3.32. The SMILES string of the molecule is CCCCC(C)NCc1ccc2c(c1)NC(=O)CO2. The third kappa shape index (κ3) is 3.96. The van der Waals surface area contributed by atoms with Gasteiger partial charge in [-0.1, -0.05) is 25.8 Å². The van der Waals surface area contributed by atoms with Crippen LogP contribution in [-0.4, -0.2) is 18.6 Å². The highest BCUT2D eigenvalue weighted by molar-refractivity contribution is 5.95. The van der Waals surface area contributed by atoms with Crippen molar-refractivity contribution in [3.05, 3.63) is 23.8 Å². The van der Waals surface area contributed by atoms with E-state index in [0.29, 0.717) is 6.04 Å². The van der Waals surface area contributed by atoms with E-state index in [1.54, 1.807) is 0 Å². The molecule has 0 saturated carbocycles. The Morgan fingerprint density at radius 3 is 3.11 bits per heavy atom. The largest absolute Gasteiger partial charge is 0.482 e. The average molecular weight is 262 g/mol. The molecule has 1 heterocycles. The Morgan fingerprint density at radius 1 is 1.47 bits per heavy atom. The summed E-state index contributed by atoms with van der Waals surface area (Å²) in [4.78, 5) is 11.3. The van der Waals surface area contributed by atoms with Gasteiger partial charge in [0.2, 0.25) is 0 Å². The van der Waals surface area contributed by atoms with Gasteiger partial charge in [0.25, 0.3) is 5.91 Å². The van der Waals surface area contributed by atoms with Crippen molar-refractivity contribution in [2.45, 2.75) is 45.7 Å². The number of amides is 1.